The van der Waals surface area contributed by atoms with Gasteiger partial charge in [0.1, 0.15) is 6.10 Å². The first kappa shape index (κ1) is 11.7. The van der Waals surface area contributed by atoms with Crippen molar-refractivity contribution in [2.75, 3.05) is 0 Å². The predicted molar refractivity (Wildman–Crippen MR) is 61.6 cm³/mol. The van der Waals surface area contributed by atoms with E-state index in [0.29, 0.717) is 11.1 Å². The third-order valence-corrected chi connectivity index (χ3v) is 2.65. The quantitative estimate of drug-likeness (QED) is 0.844. The maximum atomic E-state index is 13.0. The van der Waals surface area contributed by atoms with E-state index >= 15 is 0 Å². The molecule has 0 bridgehead atoms. The van der Waals surface area contributed by atoms with Gasteiger partial charge >= 0.3 is 0 Å². The van der Waals surface area contributed by atoms with Gasteiger partial charge in [0, 0.05) is 0 Å². The van der Waals surface area contributed by atoms with Gasteiger partial charge in [0.25, 0.3) is 0 Å². The Morgan fingerprint density at radius 3 is 2.06 bits per heavy atom. The van der Waals surface area contributed by atoms with E-state index in [9.17, 15) is 13.9 Å². The van der Waals surface area contributed by atoms with Gasteiger partial charge in [0.2, 0.25) is 0 Å². The van der Waals surface area contributed by atoms with Crippen molar-refractivity contribution in [3.8, 4) is 0 Å². The normalized spacial score (nSPS) is 12.5. The Balaban J connectivity index is 2.33. The lowest BCUT2D eigenvalue weighted by Crippen LogP contribution is -2.01. The topological polar surface area (TPSA) is 20.2 Å². The molecule has 2 rings (SSSR count). The number of hydrogen-bond donors (Lipinski definition) is 1. The number of hydrogen-bond acceptors (Lipinski definition) is 1. The smallest absolute Gasteiger partial charge is 0.159 e. The van der Waals surface area contributed by atoms with Crippen molar-refractivity contribution in [1.29, 1.82) is 0 Å². The van der Waals surface area contributed by atoms with Crippen molar-refractivity contribution >= 4 is 0 Å². The van der Waals surface area contributed by atoms with Gasteiger partial charge in [-0.3, -0.25) is 0 Å². The van der Waals surface area contributed by atoms with Gasteiger partial charge in [0.15, 0.2) is 11.6 Å². The first-order valence-electron chi connectivity index (χ1n) is 5.27. The molecule has 0 radical (unpaired) electrons. The predicted octanol–water partition coefficient (Wildman–Crippen LogP) is 3.35. The largest absolute Gasteiger partial charge is 0.384 e. The van der Waals surface area contributed by atoms with Gasteiger partial charge in [-0.2, -0.15) is 0 Å². The van der Waals surface area contributed by atoms with E-state index in [1.165, 1.54) is 6.07 Å². The molecule has 0 heterocycles. The third kappa shape index (κ3) is 2.50. The highest BCUT2D eigenvalue weighted by Crippen LogP contribution is 2.23. The van der Waals surface area contributed by atoms with Crippen molar-refractivity contribution in [3.63, 3.8) is 0 Å². The molecule has 88 valence electrons. The molecule has 0 fully saturated rings. The lowest BCUT2D eigenvalue weighted by molar-refractivity contribution is 0.219. The molecule has 0 unspecified atom stereocenters. The number of aliphatic hydroxyl groups excluding tert-OH is 1. The Kier molecular flexibility index (Phi) is 3.20. The summed E-state index contributed by atoms with van der Waals surface area (Å²) < 4.78 is 25.8. The first-order valence-corrected chi connectivity index (χ1v) is 5.27. The number of rotatable bonds is 2. The SMILES string of the molecule is Cc1ccc([C@@H](O)c2ccc(F)c(F)c2)cc1. The van der Waals surface area contributed by atoms with E-state index in [2.05, 4.69) is 0 Å². The summed E-state index contributed by atoms with van der Waals surface area (Å²) in [4.78, 5) is 0. The van der Waals surface area contributed by atoms with Gasteiger partial charge in [-0.15, -0.1) is 0 Å². The van der Waals surface area contributed by atoms with Crippen molar-refractivity contribution in [2.24, 2.45) is 0 Å². The molecular formula is C14H12F2O. The monoisotopic (exact) mass is 234 g/mol. The zero-order valence-electron chi connectivity index (χ0n) is 9.32. The summed E-state index contributed by atoms with van der Waals surface area (Å²) in [6, 6.07) is 10.7. The fraction of sp³-hybridized carbons (Fsp3) is 0.143. The Morgan fingerprint density at radius 1 is 0.882 bits per heavy atom. The van der Waals surface area contributed by atoms with Crippen molar-refractivity contribution in [2.45, 2.75) is 13.0 Å². The second-order valence-corrected chi connectivity index (χ2v) is 3.99. The number of halogens is 2. The minimum atomic E-state index is -0.950. The second kappa shape index (κ2) is 4.63. The van der Waals surface area contributed by atoms with E-state index in [-0.39, 0.29) is 0 Å². The van der Waals surface area contributed by atoms with E-state index in [0.717, 1.165) is 17.7 Å². The van der Waals surface area contributed by atoms with Gasteiger partial charge in [-0.25, -0.2) is 8.78 Å². The van der Waals surface area contributed by atoms with E-state index < -0.39 is 17.7 Å². The van der Waals surface area contributed by atoms with Gasteiger partial charge in [-0.1, -0.05) is 35.9 Å². The number of aryl methyl sites for hydroxylation is 1. The Bertz CT molecular complexity index is 520. The van der Waals surface area contributed by atoms with Gasteiger partial charge in [-0.05, 0) is 30.2 Å². The summed E-state index contributed by atoms with van der Waals surface area (Å²) in [5, 5.41) is 10.0. The van der Waals surface area contributed by atoms with Gasteiger partial charge in [0.05, 0.1) is 0 Å². The minimum absolute atomic E-state index is 0.341. The summed E-state index contributed by atoms with van der Waals surface area (Å²) in [7, 11) is 0. The molecule has 0 spiro atoms. The molecule has 0 aliphatic carbocycles. The molecule has 0 aliphatic heterocycles. The molecular weight excluding hydrogens is 222 g/mol. The van der Waals surface area contributed by atoms with Crippen LogP contribution in [0.25, 0.3) is 0 Å². The van der Waals surface area contributed by atoms with E-state index in [1.54, 1.807) is 12.1 Å². The Morgan fingerprint density at radius 2 is 1.47 bits per heavy atom. The maximum Gasteiger partial charge on any atom is 0.159 e. The lowest BCUT2D eigenvalue weighted by Gasteiger charge is -2.11. The van der Waals surface area contributed by atoms with Crippen LogP contribution in [0, 0.1) is 18.6 Å². The van der Waals surface area contributed by atoms with Gasteiger partial charge < -0.3 is 5.11 Å². The van der Waals surface area contributed by atoms with E-state index in [4.69, 9.17) is 0 Å². The molecule has 1 N–H and O–H groups in total. The molecule has 0 aromatic heterocycles. The molecule has 3 heteroatoms. The van der Waals surface area contributed by atoms with Crippen LogP contribution >= 0.6 is 0 Å². The highest BCUT2D eigenvalue weighted by atomic mass is 19.2. The average molecular weight is 234 g/mol. The number of aliphatic hydroxyl groups is 1. The van der Waals surface area contributed by atoms with E-state index in [1.807, 2.05) is 19.1 Å². The molecule has 0 saturated carbocycles. The average Bonchev–Trinajstić information content (AvgIpc) is 2.33. The van der Waals surface area contributed by atoms with Crippen LogP contribution in [-0.2, 0) is 0 Å². The summed E-state index contributed by atoms with van der Waals surface area (Å²) in [5.74, 6) is -1.86. The molecule has 2 aromatic rings. The summed E-state index contributed by atoms with van der Waals surface area (Å²) >= 11 is 0. The highest BCUT2D eigenvalue weighted by molar-refractivity contribution is 5.32. The molecule has 0 aliphatic rings. The summed E-state index contributed by atoms with van der Waals surface area (Å²) in [5.41, 5.74) is 2.07. The van der Waals surface area contributed by atoms with Crippen LogP contribution in [0.1, 0.15) is 22.8 Å². The molecule has 0 saturated heterocycles. The first-order chi connectivity index (χ1) is 8.08. The Hall–Kier alpha value is -1.74. The van der Waals surface area contributed by atoms with Crippen LogP contribution in [0.15, 0.2) is 42.5 Å². The zero-order chi connectivity index (χ0) is 12.4. The highest BCUT2D eigenvalue weighted by Gasteiger charge is 2.12. The lowest BCUT2D eigenvalue weighted by atomic mass is 10.0. The van der Waals surface area contributed by atoms with Crippen LogP contribution in [0.2, 0.25) is 0 Å². The standard InChI is InChI=1S/C14H12F2O/c1-9-2-4-10(5-3-9)14(17)11-6-7-12(15)13(16)8-11/h2-8,14,17H,1H3/t14-/m1/s1. The fourth-order valence-electron chi connectivity index (χ4n) is 1.62. The van der Waals surface area contributed by atoms with Crippen LogP contribution in [0.4, 0.5) is 8.78 Å². The molecule has 1 nitrogen and oxygen atoms in total. The third-order valence-electron chi connectivity index (χ3n) is 2.65. The molecule has 17 heavy (non-hydrogen) atoms. The molecule has 2 aromatic carbocycles. The van der Waals surface area contributed by atoms with Crippen LogP contribution in [0.5, 0.6) is 0 Å². The van der Waals surface area contributed by atoms with Crippen LogP contribution in [0.3, 0.4) is 0 Å². The second-order valence-electron chi connectivity index (χ2n) is 3.99. The Labute approximate surface area is 98.3 Å². The maximum absolute atomic E-state index is 13.0. The number of benzene rings is 2. The summed E-state index contributed by atoms with van der Waals surface area (Å²) in [6.07, 6.45) is -0.939. The van der Waals surface area contributed by atoms with Crippen LogP contribution < -0.4 is 0 Å². The summed E-state index contributed by atoms with van der Waals surface area (Å²) in [6.45, 7) is 1.94. The minimum Gasteiger partial charge on any atom is -0.384 e. The van der Waals surface area contributed by atoms with Crippen molar-refractivity contribution in [3.05, 3.63) is 70.8 Å². The van der Waals surface area contributed by atoms with Crippen molar-refractivity contribution < 1.29 is 13.9 Å². The molecule has 1 atom stereocenters. The van der Waals surface area contributed by atoms with Crippen LogP contribution in [-0.4, -0.2) is 5.11 Å². The van der Waals surface area contributed by atoms with Crippen molar-refractivity contribution in [1.82, 2.24) is 0 Å². The zero-order valence-corrected chi connectivity index (χ0v) is 9.32. The molecule has 0 amide bonds. The fourth-order valence-corrected chi connectivity index (χ4v) is 1.62.